The molecule has 2 N–H and O–H groups in total. The molecular formula is C20H26N2O3. The number of ether oxygens (including phenoxy) is 2. The van der Waals surface area contributed by atoms with Gasteiger partial charge in [0.15, 0.2) is 0 Å². The number of hydrogen-bond donors (Lipinski definition) is 2. The number of rotatable bonds is 6. The summed E-state index contributed by atoms with van der Waals surface area (Å²) >= 11 is 0. The molecule has 2 aromatic carbocycles. The van der Waals surface area contributed by atoms with Crippen molar-refractivity contribution >= 4 is 17.3 Å². The van der Waals surface area contributed by atoms with Gasteiger partial charge in [-0.15, -0.1) is 0 Å². The molecule has 25 heavy (non-hydrogen) atoms. The van der Waals surface area contributed by atoms with E-state index in [4.69, 9.17) is 9.47 Å². The molecule has 0 atom stereocenters. The molecular weight excluding hydrogens is 316 g/mol. The summed E-state index contributed by atoms with van der Waals surface area (Å²) in [4.78, 5) is 12.4. The van der Waals surface area contributed by atoms with Crippen LogP contribution >= 0.6 is 0 Å². The smallest absolute Gasteiger partial charge is 0.243 e. The SMILES string of the molecule is COc1ccc(OC)c(NCC(=O)Nc2ccccc2C(C)(C)C)c1. The Bertz CT molecular complexity index is 736. The number of carbonyl (C=O) groups is 1. The van der Waals surface area contributed by atoms with E-state index in [-0.39, 0.29) is 17.9 Å². The van der Waals surface area contributed by atoms with Crippen molar-refractivity contribution in [2.75, 3.05) is 31.4 Å². The van der Waals surface area contributed by atoms with Gasteiger partial charge in [0.05, 0.1) is 26.5 Å². The zero-order chi connectivity index (χ0) is 18.4. The van der Waals surface area contributed by atoms with E-state index in [1.807, 2.05) is 30.3 Å². The maximum Gasteiger partial charge on any atom is 0.243 e. The Morgan fingerprint density at radius 1 is 1.00 bits per heavy atom. The van der Waals surface area contributed by atoms with Gasteiger partial charge in [0.2, 0.25) is 5.91 Å². The molecule has 0 saturated carbocycles. The number of carbonyl (C=O) groups excluding carboxylic acids is 1. The molecule has 0 heterocycles. The fraction of sp³-hybridized carbons (Fsp3) is 0.350. The molecule has 0 unspecified atom stereocenters. The van der Waals surface area contributed by atoms with Crippen LogP contribution < -0.4 is 20.1 Å². The molecule has 5 nitrogen and oxygen atoms in total. The van der Waals surface area contributed by atoms with Crippen molar-refractivity contribution in [3.63, 3.8) is 0 Å². The summed E-state index contributed by atoms with van der Waals surface area (Å²) in [5.74, 6) is 1.23. The maximum absolute atomic E-state index is 12.4. The van der Waals surface area contributed by atoms with Crippen molar-refractivity contribution in [3.05, 3.63) is 48.0 Å². The molecule has 0 bridgehead atoms. The minimum atomic E-state index is -0.124. The molecule has 0 aliphatic rings. The van der Waals surface area contributed by atoms with Crippen molar-refractivity contribution in [1.29, 1.82) is 0 Å². The summed E-state index contributed by atoms with van der Waals surface area (Å²) in [6.07, 6.45) is 0. The van der Waals surface area contributed by atoms with Crippen LogP contribution in [-0.2, 0) is 10.2 Å². The summed E-state index contributed by atoms with van der Waals surface area (Å²) in [5.41, 5.74) is 2.59. The van der Waals surface area contributed by atoms with Gasteiger partial charge in [0.1, 0.15) is 11.5 Å². The number of anilines is 2. The lowest BCUT2D eigenvalue weighted by Gasteiger charge is -2.23. The normalized spacial score (nSPS) is 10.9. The predicted molar refractivity (Wildman–Crippen MR) is 102 cm³/mol. The first-order valence-electron chi connectivity index (χ1n) is 8.20. The zero-order valence-corrected chi connectivity index (χ0v) is 15.5. The van der Waals surface area contributed by atoms with Crippen molar-refractivity contribution in [2.45, 2.75) is 26.2 Å². The van der Waals surface area contributed by atoms with Gasteiger partial charge in [0, 0.05) is 11.8 Å². The number of amides is 1. The van der Waals surface area contributed by atoms with E-state index in [9.17, 15) is 4.79 Å². The Hall–Kier alpha value is -2.69. The first-order chi connectivity index (χ1) is 11.8. The second-order valence-electron chi connectivity index (χ2n) is 6.76. The van der Waals surface area contributed by atoms with Crippen LogP contribution in [0.15, 0.2) is 42.5 Å². The van der Waals surface area contributed by atoms with Crippen LogP contribution in [0.2, 0.25) is 0 Å². The van der Waals surface area contributed by atoms with Crippen LogP contribution in [0, 0.1) is 0 Å². The quantitative estimate of drug-likeness (QED) is 0.831. The molecule has 0 aliphatic carbocycles. The average molecular weight is 342 g/mol. The van der Waals surface area contributed by atoms with E-state index in [0.29, 0.717) is 17.2 Å². The highest BCUT2D eigenvalue weighted by Crippen LogP contribution is 2.30. The van der Waals surface area contributed by atoms with Gasteiger partial charge < -0.3 is 20.1 Å². The minimum Gasteiger partial charge on any atom is -0.497 e. The lowest BCUT2D eigenvalue weighted by Crippen LogP contribution is -2.24. The third-order valence-corrected chi connectivity index (χ3v) is 3.86. The van der Waals surface area contributed by atoms with E-state index in [1.54, 1.807) is 26.4 Å². The number of nitrogens with one attached hydrogen (secondary N) is 2. The van der Waals surface area contributed by atoms with E-state index < -0.39 is 0 Å². The van der Waals surface area contributed by atoms with Crippen LogP contribution in [-0.4, -0.2) is 26.7 Å². The van der Waals surface area contributed by atoms with Gasteiger partial charge in [-0.05, 0) is 29.2 Å². The van der Waals surface area contributed by atoms with Crippen molar-refractivity contribution < 1.29 is 14.3 Å². The second-order valence-corrected chi connectivity index (χ2v) is 6.76. The molecule has 2 aromatic rings. The second kappa shape index (κ2) is 7.92. The Balaban J connectivity index is 2.08. The largest absolute Gasteiger partial charge is 0.497 e. The number of methoxy groups -OCH3 is 2. The number of benzene rings is 2. The molecule has 0 aromatic heterocycles. The van der Waals surface area contributed by atoms with Gasteiger partial charge in [-0.1, -0.05) is 39.0 Å². The zero-order valence-electron chi connectivity index (χ0n) is 15.5. The van der Waals surface area contributed by atoms with Crippen LogP contribution in [0.25, 0.3) is 0 Å². The summed E-state index contributed by atoms with van der Waals surface area (Å²) in [6, 6.07) is 13.3. The van der Waals surface area contributed by atoms with Crippen molar-refractivity contribution in [3.8, 4) is 11.5 Å². The third-order valence-electron chi connectivity index (χ3n) is 3.86. The van der Waals surface area contributed by atoms with Gasteiger partial charge >= 0.3 is 0 Å². The fourth-order valence-electron chi connectivity index (χ4n) is 2.57. The van der Waals surface area contributed by atoms with Gasteiger partial charge in [-0.3, -0.25) is 4.79 Å². The molecule has 5 heteroatoms. The first-order valence-corrected chi connectivity index (χ1v) is 8.20. The first kappa shape index (κ1) is 18.6. The fourth-order valence-corrected chi connectivity index (χ4v) is 2.57. The molecule has 0 saturated heterocycles. The lowest BCUT2D eigenvalue weighted by molar-refractivity contribution is -0.114. The van der Waals surface area contributed by atoms with Crippen LogP contribution in [0.5, 0.6) is 11.5 Å². The molecule has 0 aliphatic heterocycles. The minimum absolute atomic E-state index is 0.0483. The average Bonchev–Trinajstić information content (AvgIpc) is 2.59. The van der Waals surface area contributed by atoms with Gasteiger partial charge in [-0.25, -0.2) is 0 Å². The highest BCUT2D eigenvalue weighted by molar-refractivity contribution is 5.94. The van der Waals surface area contributed by atoms with Crippen LogP contribution in [0.3, 0.4) is 0 Å². The number of hydrogen-bond acceptors (Lipinski definition) is 4. The van der Waals surface area contributed by atoms with Gasteiger partial charge in [0.25, 0.3) is 0 Å². The van der Waals surface area contributed by atoms with Crippen LogP contribution in [0.1, 0.15) is 26.3 Å². The Morgan fingerprint density at radius 2 is 1.72 bits per heavy atom. The van der Waals surface area contributed by atoms with E-state index >= 15 is 0 Å². The molecule has 0 fully saturated rings. The van der Waals surface area contributed by atoms with E-state index in [1.165, 1.54) is 0 Å². The number of para-hydroxylation sites is 1. The van der Waals surface area contributed by atoms with E-state index in [0.717, 1.165) is 11.3 Å². The summed E-state index contributed by atoms with van der Waals surface area (Å²) in [5, 5.41) is 6.08. The highest BCUT2D eigenvalue weighted by atomic mass is 16.5. The third kappa shape index (κ3) is 4.89. The Kier molecular flexibility index (Phi) is 5.91. The molecule has 0 spiro atoms. The highest BCUT2D eigenvalue weighted by Gasteiger charge is 2.18. The van der Waals surface area contributed by atoms with Gasteiger partial charge in [-0.2, -0.15) is 0 Å². The summed E-state index contributed by atoms with van der Waals surface area (Å²) in [7, 11) is 3.19. The van der Waals surface area contributed by atoms with E-state index in [2.05, 4.69) is 31.4 Å². The monoisotopic (exact) mass is 342 g/mol. The van der Waals surface area contributed by atoms with Crippen molar-refractivity contribution in [2.24, 2.45) is 0 Å². The Morgan fingerprint density at radius 3 is 2.36 bits per heavy atom. The standard InChI is InChI=1S/C20H26N2O3/c1-20(2,3)15-8-6-7-9-16(15)22-19(23)13-21-17-12-14(24-4)10-11-18(17)25-5/h6-12,21H,13H2,1-5H3,(H,22,23). The Labute approximate surface area is 149 Å². The maximum atomic E-state index is 12.4. The topological polar surface area (TPSA) is 59.6 Å². The molecule has 134 valence electrons. The lowest BCUT2D eigenvalue weighted by atomic mass is 9.86. The molecule has 2 rings (SSSR count). The van der Waals surface area contributed by atoms with Crippen LogP contribution in [0.4, 0.5) is 11.4 Å². The summed E-state index contributed by atoms with van der Waals surface area (Å²) in [6.45, 7) is 6.49. The van der Waals surface area contributed by atoms with Crippen molar-refractivity contribution in [1.82, 2.24) is 0 Å². The molecule has 1 amide bonds. The molecule has 0 radical (unpaired) electrons. The summed E-state index contributed by atoms with van der Waals surface area (Å²) < 4.78 is 10.5. The predicted octanol–water partition coefficient (Wildman–Crippen LogP) is 4.05.